The van der Waals surface area contributed by atoms with Crippen LogP contribution < -0.4 is 11.1 Å². The van der Waals surface area contributed by atoms with E-state index >= 15 is 0 Å². The lowest BCUT2D eigenvalue weighted by Crippen LogP contribution is -2.41. The van der Waals surface area contributed by atoms with E-state index in [0.29, 0.717) is 6.54 Å². The van der Waals surface area contributed by atoms with E-state index in [1.165, 1.54) is 28.4 Å². The fourth-order valence-electron chi connectivity index (χ4n) is 1.09. The molecule has 0 saturated carbocycles. The van der Waals surface area contributed by atoms with Crippen LogP contribution in [-0.2, 0) is 18.9 Å². The normalized spacial score (nSPS) is 12.2. The molecule has 8 nitrogen and oxygen atoms in total. The van der Waals surface area contributed by atoms with E-state index in [2.05, 4.69) is 10.3 Å². The van der Waals surface area contributed by atoms with Crippen molar-refractivity contribution in [1.29, 1.82) is 5.41 Å². The minimum atomic E-state index is -0.471. The molecule has 0 fully saturated rings. The number of nitrogens with zero attached hydrogens (tertiary/aromatic N) is 1. The number of nitrogens with two attached hydrogens (primary N) is 1. The number of nitrogens with one attached hydrogen (secondary N) is 2. The third-order valence-corrected chi connectivity index (χ3v) is 2.14. The minimum Gasteiger partial charge on any atom is -0.381 e. The molecule has 0 aromatic heterocycles. The molecule has 0 atom stereocenters. The molecule has 0 heterocycles. The van der Waals surface area contributed by atoms with E-state index in [4.69, 9.17) is 30.1 Å². The molecule has 106 valence electrons. The molecule has 0 aliphatic carbocycles. The van der Waals surface area contributed by atoms with Gasteiger partial charge in [0.1, 0.15) is 0 Å². The zero-order valence-corrected chi connectivity index (χ0v) is 11.2. The zero-order valence-electron chi connectivity index (χ0n) is 11.2. The van der Waals surface area contributed by atoms with Crippen LogP contribution in [0.15, 0.2) is 4.99 Å². The second-order valence-electron chi connectivity index (χ2n) is 3.29. The highest BCUT2D eigenvalue weighted by atomic mass is 16.7. The summed E-state index contributed by atoms with van der Waals surface area (Å²) in [5.74, 6) is 0.0695. The van der Waals surface area contributed by atoms with Gasteiger partial charge in [-0.25, -0.2) is 0 Å². The van der Waals surface area contributed by atoms with Gasteiger partial charge in [-0.2, -0.15) is 0 Å². The molecule has 0 spiro atoms. The molecule has 0 amide bonds. The predicted octanol–water partition coefficient (Wildman–Crippen LogP) is -0.852. The van der Waals surface area contributed by atoms with E-state index in [0.717, 1.165) is 0 Å². The number of ether oxygens (including phenoxy) is 4. The zero-order chi connectivity index (χ0) is 14.0. The Labute approximate surface area is 107 Å². The fraction of sp³-hybridized carbons (Fsp3) is 0.800. The Morgan fingerprint density at radius 1 is 1.11 bits per heavy atom. The summed E-state index contributed by atoms with van der Waals surface area (Å²) in [5.41, 5.74) is 5.40. The van der Waals surface area contributed by atoms with Crippen LogP contribution in [0.4, 0.5) is 0 Å². The first-order valence-corrected chi connectivity index (χ1v) is 5.32. The van der Waals surface area contributed by atoms with Crippen molar-refractivity contribution >= 4 is 11.7 Å². The van der Waals surface area contributed by atoms with Crippen molar-refractivity contribution in [2.24, 2.45) is 10.7 Å². The lowest BCUT2D eigenvalue weighted by Gasteiger charge is -2.16. The van der Waals surface area contributed by atoms with Crippen LogP contribution in [0.1, 0.15) is 0 Å². The van der Waals surface area contributed by atoms with Crippen LogP contribution in [0.3, 0.4) is 0 Å². The SMILES string of the molecule is COC(CN=C(NCC(OC)OC)C(=N)N)OC. The van der Waals surface area contributed by atoms with Crippen molar-refractivity contribution in [3.63, 3.8) is 0 Å². The Kier molecular flexibility index (Phi) is 9.11. The van der Waals surface area contributed by atoms with Crippen molar-refractivity contribution in [3.8, 4) is 0 Å². The first kappa shape index (κ1) is 16.8. The molecule has 0 aromatic rings. The van der Waals surface area contributed by atoms with Gasteiger partial charge in [-0.1, -0.05) is 0 Å². The lowest BCUT2D eigenvalue weighted by molar-refractivity contribution is -0.0967. The molecular weight excluding hydrogens is 240 g/mol. The third-order valence-electron chi connectivity index (χ3n) is 2.14. The Hall–Kier alpha value is -1.22. The summed E-state index contributed by atoms with van der Waals surface area (Å²) in [4.78, 5) is 4.10. The number of amidine groups is 2. The van der Waals surface area contributed by atoms with E-state index in [1.807, 2.05) is 0 Å². The molecular formula is C10H22N4O4. The summed E-state index contributed by atoms with van der Waals surface area (Å²) in [6, 6.07) is 0. The predicted molar refractivity (Wildman–Crippen MR) is 67.8 cm³/mol. The fourth-order valence-corrected chi connectivity index (χ4v) is 1.09. The van der Waals surface area contributed by atoms with Gasteiger partial charge < -0.3 is 30.0 Å². The molecule has 18 heavy (non-hydrogen) atoms. The summed E-state index contributed by atoms with van der Waals surface area (Å²) >= 11 is 0. The van der Waals surface area contributed by atoms with Crippen molar-refractivity contribution in [2.75, 3.05) is 41.5 Å². The van der Waals surface area contributed by atoms with Crippen LogP contribution in [0.5, 0.6) is 0 Å². The Morgan fingerprint density at radius 3 is 2.00 bits per heavy atom. The topological polar surface area (TPSA) is 111 Å². The summed E-state index contributed by atoms with van der Waals surface area (Å²) in [7, 11) is 6.06. The highest BCUT2D eigenvalue weighted by Gasteiger charge is 2.10. The van der Waals surface area contributed by atoms with Gasteiger partial charge in [-0.3, -0.25) is 10.4 Å². The average molecular weight is 262 g/mol. The van der Waals surface area contributed by atoms with Crippen molar-refractivity contribution in [3.05, 3.63) is 0 Å². The van der Waals surface area contributed by atoms with E-state index in [-0.39, 0.29) is 18.2 Å². The molecule has 0 rings (SSSR count). The average Bonchev–Trinajstić information content (AvgIpc) is 2.37. The van der Waals surface area contributed by atoms with Gasteiger partial charge in [0.15, 0.2) is 24.3 Å². The Morgan fingerprint density at radius 2 is 1.61 bits per heavy atom. The second-order valence-corrected chi connectivity index (χ2v) is 3.29. The monoisotopic (exact) mass is 262 g/mol. The van der Waals surface area contributed by atoms with Gasteiger partial charge in [0.2, 0.25) is 0 Å². The molecule has 0 radical (unpaired) electrons. The molecule has 0 aliphatic rings. The second kappa shape index (κ2) is 9.77. The number of hydrogen-bond acceptors (Lipinski definition) is 6. The Bertz CT molecular complexity index is 265. The maximum absolute atomic E-state index is 7.39. The first-order valence-electron chi connectivity index (χ1n) is 5.32. The molecule has 0 aromatic carbocycles. The minimum absolute atomic E-state index is 0.174. The van der Waals surface area contributed by atoms with Crippen LogP contribution in [-0.4, -0.2) is 65.8 Å². The molecule has 8 heteroatoms. The molecule has 4 N–H and O–H groups in total. The first-order chi connectivity index (χ1) is 8.58. The van der Waals surface area contributed by atoms with Crippen molar-refractivity contribution in [1.82, 2.24) is 5.32 Å². The van der Waals surface area contributed by atoms with Gasteiger partial charge in [-0.05, 0) is 0 Å². The van der Waals surface area contributed by atoms with Crippen LogP contribution in [0.25, 0.3) is 0 Å². The maximum atomic E-state index is 7.39. The van der Waals surface area contributed by atoms with E-state index < -0.39 is 12.6 Å². The number of methoxy groups -OCH3 is 4. The van der Waals surface area contributed by atoms with Crippen LogP contribution >= 0.6 is 0 Å². The van der Waals surface area contributed by atoms with E-state index in [9.17, 15) is 0 Å². The highest BCUT2D eigenvalue weighted by Crippen LogP contribution is 1.93. The Balaban J connectivity index is 4.38. The van der Waals surface area contributed by atoms with Gasteiger partial charge in [-0.15, -0.1) is 0 Å². The smallest absolute Gasteiger partial charge is 0.176 e. The van der Waals surface area contributed by atoms with Crippen molar-refractivity contribution < 1.29 is 18.9 Å². The van der Waals surface area contributed by atoms with Gasteiger partial charge >= 0.3 is 0 Å². The molecule has 0 aliphatic heterocycles. The van der Waals surface area contributed by atoms with Gasteiger partial charge in [0.05, 0.1) is 13.1 Å². The van der Waals surface area contributed by atoms with Gasteiger partial charge in [0.25, 0.3) is 0 Å². The van der Waals surface area contributed by atoms with Crippen LogP contribution in [0.2, 0.25) is 0 Å². The third kappa shape index (κ3) is 6.50. The molecule has 0 saturated heterocycles. The highest BCUT2D eigenvalue weighted by molar-refractivity contribution is 6.38. The number of aliphatic imine (C=N–C) groups is 1. The maximum Gasteiger partial charge on any atom is 0.176 e. The summed E-state index contributed by atoms with van der Waals surface area (Å²) in [6.45, 7) is 0.565. The number of rotatable bonds is 8. The number of hydrogen-bond donors (Lipinski definition) is 3. The lowest BCUT2D eigenvalue weighted by atomic mass is 10.4. The largest absolute Gasteiger partial charge is 0.381 e. The summed E-state index contributed by atoms with van der Waals surface area (Å²) in [6.07, 6.45) is -0.906. The summed E-state index contributed by atoms with van der Waals surface area (Å²) < 4.78 is 20.0. The van der Waals surface area contributed by atoms with Gasteiger partial charge in [0, 0.05) is 28.4 Å². The molecule has 0 unspecified atom stereocenters. The van der Waals surface area contributed by atoms with E-state index in [1.54, 1.807) is 0 Å². The standard InChI is InChI=1S/C10H22N4O4/c1-15-7(16-2)5-13-10(9(11)12)14-6-8(17-3)18-4/h7-8H,5-6H2,1-4H3,(H3,11,12)(H,13,14). The summed E-state index contributed by atoms with van der Waals surface area (Å²) in [5, 5.41) is 10.3. The quantitative estimate of drug-likeness (QED) is 0.298. The van der Waals surface area contributed by atoms with Crippen LogP contribution in [0, 0.1) is 5.41 Å². The molecule has 0 bridgehead atoms. The van der Waals surface area contributed by atoms with Crippen molar-refractivity contribution in [2.45, 2.75) is 12.6 Å².